The molecule has 0 bridgehead atoms. The molecule has 86 valence electrons. The summed E-state index contributed by atoms with van der Waals surface area (Å²) < 4.78 is 5.28. The van der Waals surface area contributed by atoms with Gasteiger partial charge in [0.2, 0.25) is 0 Å². The largest absolute Gasteiger partial charge is 0.379 e. The van der Waals surface area contributed by atoms with Crippen molar-refractivity contribution >= 4 is 5.96 Å². The van der Waals surface area contributed by atoms with E-state index in [0.29, 0.717) is 6.54 Å². The SMILES string of the molecule is NC1CN=C(NCCN2CCOCC2)N1. The van der Waals surface area contributed by atoms with E-state index in [1.54, 1.807) is 0 Å². The maximum absolute atomic E-state index is 5.65. The van der Waals surface area contributed by atoms with Crippen LogP contribution in [0.4, 0.5) is 0 Å². The van der Waals surface area contributed by atoms with E-state index in [4.69, 9.17) is 10.5 Å². The molecule has 0 aromatic carbocycles. The standard InChI is InChI=1S/C9H19N5O/c10-8-7-12-9(13-8)11-1-2-14-3-5-15-6-4-14/h8H,1-7,10H2,(H2,11,12,13). The lowest BCUT2D eigenvalue weighted by Crippen LogP contribution is -2.46. The first-order valence-electron chi connectivity index (χ1n) is 5.45. The Hall–Kier alpha value is -0.850. The summed E-state index contributed by atoms with van der Waals surface area (Å²) in [5, 5.41) is 6.30. The Morgan fingerprint density at radius 1 is 1.53 bits per heavy atom. The van der Waals surface area contributed by atoms with Crippen LogP contribution < -0.4 is 16.4 Å². The molecule has 6 nitrogen and oxygen atoms in total. The summed E-state index contributed by atoms with van der Waals surface area (Å²) >= 11 is 0. The highest BCUT2D eigenvalue weighted by Crippen LogP contribution is 1.95. The number of guanidine groups is 1. The summed E-state index contributed by atoms with van der Waals surface area (Å²) in [6, 6.07) is 0. The van der Waals surface area contributed by atoms with Crippen molar-refractivity contribution in [1.29, 1.82) is 0 Å². The molecule has 0 amide bonds. The third kappa shape index (κ3) is 3.33. The van der Waals surface area contributed by atoms with Gasteiger partial charge in [0.05, 0.1) is 25.9 Å². The number of aliphatic imine (C=N–C) groups is 1. The van der Waals surface area contributed by atoms with Crippen LogP contribution in [0.15, 0.2) is 4.99 Å². The fraction of sp³-hybridized carbons (Fsp3) is 0.889. The lowest BCUT2D eigenvalue weighted by molar-refractivity contribution is 0.0389. The Bertz CT molecular complexity index is 227. The zero-order valence-electron chi connectivity index (χ0n) is 8.91. The first kappa shape index (κ1) is 10.7. The van der Waals surface area contributed by atoms with E-state index in [2.05, 4.69) is 20.5 Å². The molecule has 1 unspecified atom stereocenters. The maximum atomic E-state index is 5.65. The number of rotatable bonds is 3. The molecule has 4 N–H and O–H groups in total. The second-order valence-corrected chi connectivity index (χ2v) is 3.82. The van der Waals surface area contributed by atoms with Gasteiger partial charge in [-0.3, -0.25) is 4.90 Å². The highest BCUT2D eigenvalue weighted by Gasteiger charge is 2.13. The molecule has 1 fully saturated rings. The van der Waals surface area contributed by atoms with E-state index in [1.165, 1.54) is 0 Å². The normalized spacial score (nSPS) is 27.3. The van der Waals surface area contributed by atoms with Crippen molar-refractivity contribution in [3.8, 4) is 0 Å². The Morgan fingerprint density at radius 2 is 2.33 bits per heavy atom. The lowest BCUT2D eigenvalue weighted by Gasteiger charge is -2.26. The maximum Gasteiger partial charge on any atom is 0.192 e. The molecular formula is C9H19N5O. The highest BCUT2D eigenvalue weighted by atomic mass is 16.5. The average Bonchev–Trinajstić information content (AvgIpc) is 2.66. The third-order valence-corrected chi connectivity index (χ3v) is 2.59. The van der Waals surface area contributed by atoms with Crippen molar-refractivity contribution in [2.75, 3.05) is 45.9 Å². The van der Waals surface area contributed by atoms with Gasteiger partial charge in [-0.05, 0) is 0 Å². The monoisotopic (exact) mass is 213 g/mol. The van der Waals surface area contributed by atoms with Crippen molar-refractivity contribution in [3.05, 3.63) is 0 Å². The molecule has 1 saturated heterocycles. The molecule has 0 saturated carbocycles. The van der Waals surface area contributed by atoms with Gasteiger partial charge in [0.1, 0.15) is 0 Å². The molecule has 15 heavy (non-hydrogen) atoms. The fourth-order valence-corrected chi connectivity index (χ4v) is 1.72. The molecule has 1 atom stereocenters. The van der Waals surface area contributed by atoms with E-state index >= 15 is 0 Å². The summed E-state index contributed by atoms with van der Waals surface area (Å²) in [5.41, 5.74) is 5.65. The number of hydrogen-bond donors (Lipinski definition) is 3. The van der Waals surface area contributed by atoms with E-state index in [9.17, 15) is 0 Å². The van der Waals surface area contributed by atoms with Gasteiger partial charge < -0.3 is 21.1 Å². The van der Waals surface area contributed by atoms with Crippen LogP contribution in [0.1, 0.15) is 0 Å². The molecule has 6 heteroatoms. The summed E-state index contributed by atoms with van der Waals surface area (Å²) in [4.78, 5) is 6.61. The van der Waals surface area contributed by atoms with Crippen LogP contribution in [0.5, 0.6) is 0 Å². The lowest BCUT2D eigenvalue weighted by atomic mass is 10.4. The first-order valence-corrected chi connectivity index (χ1v) is 5.45. The summed E-state index contributed by atoms with van der Waals surface area (Å²) in [7, 11) is 0. The van der Waals surface area contributed by atoms with E-state index in [1.807, 2.05) is 0 Å². The second kappa shape index (κ2) is 5.29. The van der Waals surface area contributed by atoms with Crippen molar-refractivity contribution in [2.24, 2.45) is 10.7 Å². The van der Waals surface area contributed by atoms with E-state index < -0.39 is 0 Å². The van der Waals surface area contributed by atoms with Crippen LogP contribution in [0, 0.1) is 0 Å². The van der Waals surface area contributed by atoms with Gasteiger partial charge in [-0.1, -0.05) is 0 Å². The molecule has 0 aromatic heterocycles. The van der Waals surface area contributed by atoms with Gasteiger partial charge >= 0.3 is 0 Å². The molecule has 0 radical (unpaired) electrons. The smallest absolute Gasteiger partial charge is 0.192 e. The minimum absolute atomic E-state index is 0.0177. The van der Waals surface area contributed by atoms with Crippen LogP contribution in [-0.2, 0) is 4.74 Å². The Balaban J connectivity index is 1.58. The number of nitrogens with one attached hydrogen (secondary N) is 2. The Morgan fingerprint density at radius 3 is 3.00 bits per heavy atom. The molecule has 0 aromatic rings. The number of nitrogens with zero attached hydrogens (tertiary/aromatic N) is 2. The van der Waals surface area contributed by atoms with Crippen LogP contribution in [-0.4, -0.2) is 63.0 Å². The number of nitrogens with two attached hydrogens (primary N) is 1. The molecule has 2 aliphatic rings. The minimum atomic E-state index is -0.0177. The average molecular weight is 213 g/mol. The predicted molar refractivity (Wildman–Crippen MR) is 58.7 cm³/mol. The number of hydrogen-bond acceptors (Lipinski definition) is 6. The summed E-state index contributed by atoms with van der Waals surface area (Å²) in [6.07, 6.45) is -0.0177. The van der Waals surface area contributed by atoms with Gasteiger partial charge in [-0.2, -0.15) is 0 Å². The quantitative estimate of drug-likeness (QED) is 0.513. The summed E-state index contributed by atoms with van der Waals surface area (Å²) in [6.45, 7) is 6.36. The molecular weight excluding hydrogens is 194 g/mol. The minimum Gasteiger partial charge on any atom is -0.379 e. The van der Waals surface area contributed by atoms with Crippen molar-refractivity contribution in [1.82, 2.24) is 15.5 Å². The fourth-order valence-electron chi connectivity index (χ4n) is 1.72. The van der Waals surface area contributed by atoms with Crippen LogP contribution in [0.3, 0.4) is 0 Å². The zero-order chi connectivity index (χ0) is 10.5. The van der Waals surface area contributed by atoms with Gasteiger partial charge in [0.25, 0.3) is 0 Å². The van der Waals surface area contributed by atoms with Crippen LogP contribution in [0.25, 0.3) is 0 Å². The van der Waals surface area contributed by atoms with Gasteiger partial charge in [-0.25, -0.2) is 4.99 Å². The Labute approximate surface area is 89.9 Å². The zero-order valence-corrected chi connectivity index (χ0v) is 8.91. The molecule has 2 heterocycles. The first-order chi connectivity index (χ1) is 7.34. The van der Waals surface area contributed by atoms with Crippen molar-refractivity contribution in [3.63, 3.8) is 0 Å². The summed E-state index contributed by atoms with van der Waals surface area (Å²) in [5.74, 6) is 0.829. The van der Waals surface area contributed by atoms with Crippen LogP contribution >= 0.6 is 0 Å². The number of ether oxygens (including phenoxy) is 1. The van der Waals surface area contributed by atoms with Gasteiger partial charge in [0, 0.05) is 26.2 Å². The molecule has 2 aliphatic heterocycles. The van der Waals surface area contributed by atoms with Crippen molar-refractivity contribution in [2.45, 2.75) is 6.17 Å². The second-order valence-electron chi connectivity index (χ2n) is 3.82. The molecule has 0 aliphatic carbocycles. The van der Waals surface area contributed by atoms with E-state index in [0.717, 1.165) is 45.4 Å². The number of morpholine rings is 1. The van der Waals surface area contributed by atoms with Crippen LogP contribution in [0.2, 0.25) is 0 Å². The van der Waals surface area contributed by atoms with Gasteiger partial charge in [-0.15, -0.1) is 0 Å². The topological polar surface area (TPSA) is 74.9 Å². The molecule has 2 rings (SSSR count). The van der Waals surface area contributed by atoms with E-state index in [-0.39, 0.29) is 6.17 Å². The van der Waals surface area contributed by atoms with Gasteiger partial charge in [0.15, 0.2) is 5.96 Å². The third-order valence-electron chi connectivity index (χ3n) is 2.59. The highest BCUT2D eigenvalue weighted by molar-refractivity contribution is 5.81. The predicted octanol–water partition coefficient (Wildman–Crippen LogP) is -1.85. The van der Waals surface area contributed by atoms with Crippen molar-refractivity contribution < 1.29 is 4.74 Å². The Kier molecular flexibility index (Phi) is 3.76. The molecule has 0 spiro atoms.